The summed E-state index contributed by atoms with van der Waals surface area (Å²) in [5.41, 5.74) is 5.22. The summed E-state index contributed by atoms with van der Waals surface area (Å²) in [6, 6.07) is 32.3. The van der Waals surface area contributed by atoms with E-state index in [9.17, 15) is 27.9 Å². The molecule has 2 amide bonds. The average molecular weight is 705 g/mol. The van der Waals surface area contributed by atoms with Gasteiger partial charge in [0.25, 0.3) is 0 Å². The SMILES string of the molecule is CC1C(CSc2ccccc2)OC(c2cccc(-c3cccc(CNC(=O)C4CCCN4C(=O)C(F)(F)F)c3)c2)OC1c1ccc(CO)cc1. The van der Waals surface area contributed by atoms with E-state index in [1.807, 2.05) is 91.0 Å². The highest BCUT2D eigenvalue weighted by molar-refractivity contribution is 7.99. The smallest absolute Gasteiger partial charge is 0.392 e. The highest BCUT2D eigenvalue weighted by atomic mass is 32.2. The van der Waals surface area contributed by atoms with Gasteiger partial charge in [0.15, 0.2) is 6.29 Å². The third-order valence-corrected chi connectivity index (χ3v) is 10.3. The summed E-state index contributed by atoms with van der Waals surface area (Å²) in [7, 11) is 0. The highest BCUT2D eigenvalue weighted by Crippen LogP contribution is 2.43. The lowest BCUT2D eigenvalue weighted by atomic mass is 9.91. The van der Waals surface area contributed by atoms with Gasteiger partial charge in [0, 0.05) is 35.2 Å². The van der Waals surface area contributed by atoms with E-state index in [1.54, 1.807) is 11.8 Å². The van der Waals surface area contributed by atoms with Crippen LogP contribution in [0.1, 0.15) is 54.4 Å². The molecule has 2 heterocycles. The van der Waals surface area contributed by atoms with Gasteiger partial charge in [-0.1, -0.05) is 85.8 Å². The number of hydrogen-bond acceptors (Lipinski definition) is 6. The maximum atomic E-state index is 13.1. The third kappa shape index (κ3) is 8.40. The molecule has 11 heteroatoms. The van der Waals surface area contributed by atoms with Crippen LogP contribution in [0.3, 0.4) is 0 Å². The number of aliphatic hydroxyl groups is 1. The van der Waals surface area contributed by atoms with Crippen LogP contribution in [0.2, 0.25) is 0 Å². The number of aliphatic hydroxyl groups excluding tert-OH is 1. The number of benzene rings is 4. The van der Waals surface area contributed by atoms with E-state index in [0.29, 0.717) is 11.3 Å². The molecule has 262 valence electrons. The fraction of sp³-hybridized carbons (Fsp3) is 0.333. The molecule has 2 aliphatic heterocycles. The van der Waals surface area contributed by atoms with Gasteiger partial charge in [0.1, 0.15) is 6.04 Å². The first-order valence-electron chi connectivity index (χ1n) is 16.6. The van der Waals surface area contributed by atoms with E-state index in [-0.39, 0.29) is 44.2 Å². The number of carbonyl (C=O) groups excluding carboxylic acids is 2. The molecule has 2 saturated heterocycles. The highest BCUT2D eigenvalue weighted by Gasteiger charge is 2.47. The van der Waals surface area contributed by atoms with Crippen LogP contribution in [0.15, 0.2) is 108 Å². The van der Waals surface area contributed by atoms with E-state index >= 15 is 0 Å². The number of hydrogen-bond donors (Lipinski definition) is 2. The molecule has 0 aromatic heterocycles. The summed E-state index contributed by atoms with van der Waals surface area (Å²) in [4.78, 5) is 26.5. The number of nitrogens with one attached hydrogen (secondary N) is 1. The predicted molar refractivity (Wildman–Crippen MR) is 185 cm³/mol. The standard InChI is InChI=1S/C39H39F3N2O5S/c1-25-34(24-50-32-12-3-2-4-13-32)48-37(49-35(25)28-17-15-26(23-45)16-18-28)31-11-6-10-30(21-31)29-9-5-8-27(20-29)22-43-36(46)33-14-7-19-44(33)38(47)39(40,41)42/h2-6,8-13,15-18,20-21,25,33-35,37,45H,7,14,19,22-24H2,1H3,(H,43,46). The van der Waals surface area contributed by atoms with Gasteiger partial charge in [-0.15, -0.1) is 11.8 Å². The van der Waals surface area contributed by atoms with E-state index in [0.717, 1.165) is 44.0 Å². The van der Waals surface area contributed by atoms with Crippen LogP contribution in [-0.4, -0.2) is 52.4 Å². The van der Waals surface area contributed by atoms with Gasteiger partial charge in [-0.2, -0.15) is 13.2 Å². The molecule has 4 aromatic carbocycles. The third-order valence-electron chi connectivity index (χ3n) is 9.23. The van der Waals surface area contributed by atoms with Gasteiger partial charge in [0.05, 0.1) is 18.8 Å². The lowest BCUT2D eigenvalue weighted by Gasteiger charge is -2.41. The second-order valence-electron chi connectivity index (χ2n) is 12.6. The molecule has 2 aliphatic rings. The molecule has 0 spiro atoms. The zero-order valence-corrected chi connectivity index (χ0v) is 28.3. The molecule has 2 N–H and O–H groups in total. The van der Waals surface area contributed by atoms with E-state index in [2.05, 4.69) is 24.4 Å². The van der Waals surface area contributed by atoms with Crippen LogP contribution in [-0.2, 0) is 32.2 Å². The Balaban J connectivity index is 1.18. The molecule has 0 bridgehead atoms. The summed E-state index contributed by atoms with van der Waals surface area (Å²) in [5.74, 6) is -1.81. The molecule has 5 unspecified atom stereocenters. The molecular formula is C39H39F3N2O5S. The molecular weight excluding hydrogens is 665 g/mol. The molecule has 6 rings (SSSR count). The minimum absolute atomic E-state index is 0.0358. The number of thioether (sulfide) groups is 1. The Labute approximate surface area is 293 Å². The molecule has 0 aliphatic carbocycles. The van der Waals surface area contributed by atoms with Crippen molar-refractivity contribution in [1.29, 1.82) is 0 Å². The Morgan fingerprint density at radius 3 is 2.32 bits per heavy atom. The Kier molecular flexibility index (Phi) is 11.3. The van der Waals surface area contributed by atoms with E-state index in [1.165, 1.54) is 0 Å². The molecule has 50 heavy (non-hydrogen) atoms. The van der Waals surface area contributed by atoms with Crippen molar-refractivity contribution in [3.8, 4) is 11.1 Å². The first kappa shape index (κ1) is 35.7. The lowest BCUT2D eigenvalue weighted by Crippen LogP contribution is -2.50. The Morgan fingerprint density at radius 1 is 0.880 bits per heavy atom. The quantitative estimate of drug-likeness (QED) is 0.166. The number of rotatable bonds is 10. The van der Waals surface area contributed by atoms with E-state index < -0.39 is 30.3 Å². The van der Waals surface area contributed by atoms with Gasteiger partial charge < -0.3 is 24.8 Å². The van der Waals surface area contributed by atoms with Gasteiger partial charge >= 0.3 is 12.1 Å². The van der Waals surface area contributed by atoms with Crippen LogP contribution in [0.25, 0.3) is 11.1 Å². The van der Waals surface area contributed by atoms with Gasteiger partial charge in [-0.3, -0.25) is 9.59 Å². The number of halogens is 3. The minimum atomic E-state index is -5.02. The first-order valence-corrected chi connectivity index (χ1v) is 17.6. The second-order valence-corrected chi connectivity index (χ2v) is 13.7. The number of carbonyl (C=O) groups is 2. The topological polar surface area (TPSA) is 88.1 Å². The molecule has 0 saturated carbocycles. The normalized spacial score (nSPS) is 22.3. The average Bonchev–Trinajstić information content (AvgIpc) is 3.63. The largest absolute Gasteiger partial charge is 0.471 e. The van der Waals surface area contributed by atoms with Crippen molar-refractivity contribution >= 4 is 23.6 Å². The summed E-state index contributed by atoms with van der Waals surface area (Å²) in [6.07, 6.45) is -5.52. The van der Waals surface area contributed by atoms with Crippen LogP contribution < -0.4 is 5.32 Å². The van der Waals surface area contributed by atoms with Crippen molar-refractivity contribution in [1.82, 2.24) is 10.2 Å². The number of amides is 2. The van der Waals surface area contributed by atoms with Crippen molar-refractivity contribution in [2.75, 3.05) is 12.3 Å². The lowest BCUT2D eigenvalue weighted by molar-refractivity contribution is -0.268. The summed E-state index contributed by atoms with van der Waals surface area (Å²) >= 11 is 1.74. The number of alkyl halides is 3. The zero-order valence-electron chi connectivity index (χ0n) is 27.5. The van der Waals surface area contributed by atoms with Gasteiger partial charge in [0.2, 0.25) is 5.91 Å². The maximum Gasteiger partial charge on any atom is 0.471 e. The van der Waals surface area contributed by atoms with Crippen LogP contribution in [0.4, 0.5) is 13.2 Å². The Bertz CT molecular complexity index is 1770. The maximum absolute atomic E-state index is 13.1. The Hall–Kier alpha value is -4.16. The van der Waals surface area contributed by atoms with Crippen molar-refractivity contribution in [2.24, 2.45) is 5.92 Å². The second kappa shape index (κ2) is 15.8. The minimum Gasteiger partial charge on any atom is -0.392 e. The van der Waals surface area contributed by atoms with Crippen molar-refractivity contribution in [3.05, 3.63) is 125 Å². The van der Waals surface area contributed by atoms with Crippen LogP contribution >= 0.6 is 11.8 Å². The van der Waals surface area contributed by atoms with Crippen LogP contribution in [0.5, 0.6) is 0 Å². The van der Waals surface area contributed by atoms with Crippen LogP contribution in [0, 0.1) is 5.92 Å². The molecule has 5 atom stereocenters. The molecule has 7 nitrogen and oxygen atoms in total. The summed E-state index contributed by atoms with van der Waals surface area (Å²) in [6.45, 7) is 2.10. The molecule has 4 aromatic rings. The monoisotopic (exact) mass is 704 g/mol. The summed E-state index contributed by atoms with van der Waals surface area (Å²) in [5, 5.41) is 12.3. The van der Waals surface area contributed by atoms with Crippen molar-refractivity contribution in [3.63, 3.8) is 0 Å². The van der Waals surface area contributed by atoms with Gasteiger partial charge in [-0.25, -0.2) is 0 Å². The van der Waals surface area contributed by atoms with E-state index in [4.69, 9.17) is 9.47 Å². The molecule has 0 radical (unpaired) electrons. The molecule has 2 fully saturated rings. The first-order chi connectivity index (χ1) is 24.1. The fourth-order valence-corrected chi connectivity index (χ4v) is 7.57. The van der Waals surface area contributed by atoms with Crippen molar-refractivity contribution in [2.45, 2.75) is 68.5 Å². The van der Waals surface area contributed by atoms with Gasteiger partial charge in [-0.05, 0) is 64.9 Å². The summed E-state index contributed by atoms with van der Waals surface area (Å²) < 4.78 is 52.5. The zero-order chi connectivity index (χ0) is 35.3. The Morgan fingerprint density at radius 2 is 1.60 bits per heavy atom. The number of likely N-dealkylation sites (tertiary alicyclic amines) is 1. The van der Waals surface area contributed by atoms with Crippen molar-refractivity contribution < 1.29 is 37.3 Å². The number of nitrogens with zero attached hydrogens (tertiary/aromatic N) is 1. The predicted octanol–water partition coefficient (Wildman–Crippen LogP) is 7.60. The fourth-order valence-electron chi connectivity index (χ4n) is 6.48. The number of ether oxygens (including phenoxy) is 2.